The van der Waals surface area contributed by atoms with E-state index in [1.807, 2.05) is 0 Å². The van der Waals surface area contributed by atoms with E-state index in [0.29, 0.717) is 0 Å². The first-order chi connectivity index (χ1) is 9.24. The van der Waals surface area contributed by atoms with Gasteiger partial charge in [-0.15, -0.1) is 11.3 Å². The van der Waals surface area contributed by atoms with Crippen LogP contribution in [-0.2, 0) is 0 Å². The molecule has 1 nitrogen and oxygen atoms in total. The number of nitrogens with two attached hydrogens (primary N) is 1. The second-order valence-electron chi connectivity index (χ2n) is 5.58. The zero-order valence-electron chi connectivity index (χ0n) is 11.5. The molecule has 0 unspecified atom stereocenters. The Morgan fingerprint density at radius 1 is 1.05 bits per heavy atom. The average Bonchev–Trinajstić information content (AvgIpc) is 2.79. The molecule has 1 heterocycles. The van der Waals surface area contributed by atoms with Gasteiger partial charge < -0.3 is 5.73 Å². The van der Waals surface area contributed by atoms with Gasteiger partial charge in [0.25, 0.3) is 0 Å². The molecule has 2 N–H and O–H groups in total. The van der Waals surface area contributed by atoms with Gasteiger partial charge >= 0.3 is 0 Å². The summed E-state index contributed by atoms with van der Waals surface area (Å²) in [6, 6.07) is 11.3. The van der Waals surface area contributed by atoms with E-state index in [0.717, 1.165) is 10.9 Å². The maximum absolute atomic E-state index is 5.88. The maximum Gasteiger partial charge on any atom is 0.0865 e. The molecule has 1 saturated carbocycles. The highest BCUT2D eigenvalue weighted by Gasteiger charge is 2.15. The number of thiophene rings is 1. The Kier molecular flexibility index (Phi) is 3.61. The highest BCUT2D eigenvalue weighted by Crippen LogP contribution is 2.36. The first kappa shape index (κ1) is 12.7. The Hall–Kier alpha value is -1.28. The molecule has 3 rings (SSSR count). The molecule has 19 heavy (non-hydrogen) atoms. The Bertz CT molecular complexity index is 547. The van der Waals surface area contributed by atoms with E-state index >= 15 is 0 Å². The fraction of sp³-hybridized carbons (Fsp3) is 0.412. The van der Waals surface area contributed by atoms with Crippen LogP contribution in [0.4, 0.5) is 5.00 Å². The van der Waals surface area contributed by atoms with Gasteiger partial charge in [0.15, 0.2) is 0 Å². The van der Waals surface area contributed by atoms with E-state index in [9.17, 15) is 0 Å². The van der Waals surface area contributed by atoms with Crippen molar-refractivity contribution in [2.45, 2.75) is 44.9 Å². The summed E-state index contributed by atoms with van der Waals surface area (Å²) >= 11 is 1.67. The quantitative estimate of drug-likeness (QED) is 0.782. The molecule has 2 heteroatoms. The normalized spacial score (nSPS) is 16.7. The van der Waals surface area contributed by atoms with Crippen molar-refractivity contribution >= 4 is 16.3 Å². The minimum atomic E-state index is 0.788. The molecular formula is C17H21NS. The number of aryl methyl sites for hydroxylation is 1. The van der Waals surface area contributed by atoms with Crippen molar-refractivity contribution in [1.82, 2.24) is 0 Å². The van der Waals surface area contributed by atoms with Gasteiger partial charge in [-0.1, -0.05) is 43.5 Å². The van der Waals surface area contributed by atoms with Crippen molar-refractivity contribution in [3.05, 3.63) is 40.8 Å². The summed E-state index contributed by atoms with van der Waals surface area (Å²) in [5.74, 6) is 0.788. The van der Waals surface area contributed by atoms with Gasteiger partial charge in [-0.05, 0) is 48.4 Å². The Balaban J connectivity index is 1.84. The number of rotatable bonds is 2. The Labute approximate surface area is 119 Å². The second-order valence-corrected chi connectivity index (χ2v) is 6.86. The van der Waals surface area contributed by atoms with Crippen molar-refractivity contribution in [2.24, 2.45) is 0 Å². The third kappa shape index (κ3) is 2.69. The zero-order valence-corrected chi connectivity index (χ0v) is 12.3. The molecule has 100 valence electrons. The number of benzene rings is 1. The third-order valence-electron chi connectivity index (χ3n) is 4.24. The lowest BCUT2D eigenvalue weighted by Gasteiger charge is -2.22. The van der Waals surface area contributed by atoms with Gasteiger partial charge in [-0.3, -0.25) is 0 Å². The number of hydrogen-bond acceptors (Lipinski definition) is 2. The van der Waals surface area contributed by atoms with Crippen LogP contribution >= 0.6 is 11.3 Å². The minimum Gasteiger partial charge on any atom is -0.391 e. The average molecular weight is 271 g/mol. The molecule has 1 aromatic heterocycles. The standard InChI is InChI=1S/C17H21NS/c1-12-16(11-17(18)19-12)15-9-7-14(8-10-15)13-5-3-2-4-6-13/h7-11,13H,2-6,18H2,1H3. The number of hydrogen-bond donors (Lipinski definition) is 1. The summed E-state index contributed by atoms with van der Waals surface area (Å²) in [6.45, 7) is 2.14. The van der Waals surface area contributed by atoms with Crippen LogP contribution in [0.1, 0.15) is 48.5 Å². The van der Waals surface area contributed by atoms with Crippen LogP contribution in [0.25, 0.3) is 11.1 Å². The highest BCUT2D eigenvalue weighted by atomic mass is 32.1. The van der Waals surface area contributed by atoms with E-state index < -0.39 is 0 Å². The number of nitrogen functional groups attached to an aromatic ring is 1. The summed E-state index contributed by atoms with van der Waals surface area (Å²) in [5, 5.41) is 0.906. The topological polar surface area (TPSA) is 26.0 Å². The molecule has 0 amide bonds. The fourth-order valence-electron chi connectivity index (χ4n) is 3.16. The van der Waals surface area contributed by atoms with Gasteiger partial charge in [0, 0.05) is 4.88 Å². The summed E-state index contributed by atoms with van der Waals surface area (Å²) < 4.78 is 0. The van der Waals surface area contributed by atoms with Gasteiger partial charge in [0.1, 0.15) is 0 Å². The van der Waals surface area contributed by atoms with E-state index in [-0.39, 0.29) is 0 Å². The maximum atomic E-state index is 5.88. The third-order valence-corrected chi connectivity index (χ3v) is 5.11. The molecule has 0 atom stereocenters. The van der Waals surface area contributed by atoms with Crippen LogP contribution in [-0.4, -0.2) is 0 Å². The predicted molar refractivity (Wildman–Crippen MR) is 84.7 cm³/mol. The van der Waals surface area contributed by atoms with Gasteiger partial charge in [0.2, 0.25) is 0 Å². The van der Waals surface area contributed by atoms with Crippen LogP contribution in [0.2, 0.25) is 0 Å². The molecule has 0 radical (unpaired) electrons. The zero-order chi connectivity index (χ0) is 13.2. The fourth-order valence-corrected chi connectivity index (χ4v) is 3.98. The summed E-state index contributed by atoms with van der Waals surface area (Å²) in [6.07, 6.45) is 6.94. The molecule has 1 fully saturated rings. The minimum absolute atomic E-state index is 0.788. The molecule has 1 aliphatic rings. The lowest BCUT2D eigenvalue weighted by atomic mass is 9.84. The Morgan fingerprint density at radius 3 is 2.32 bits per heavy atom. The SMILES string of the molecule is Cc1sc(N)cc1-c1ccc(C2CCCCC2)cc1. The molecule has 2 aromatic rings. The largest absolute Gasteiger partial charge is 0.391 e. The molecule has 0 bridgehead atoms. The predicted octanol–water partition coefficient (Wildman–Crippen LogP) is 5.35. The lowest BCUT2D eigenvalue weighted by molar-refractivity contribution is 0.443. The first-order valence-electron chi connectivity index (χ1n) is 7.20. The first-order valence-corrected chi connectivity index (χ1v) is 8.02. The van der Waals surface area contributed by atoms with Crippen LogP contribution < -0.4 is 5.73 Å². The van der Waals surface area contributed by atoms with Crippen molar-refractivity contribution < 1.29 is 0 Å². The molecule has 1 aliphatic carbocycles. The van der Waals surface area contributed by atoms with E-state index in [1.54, 1.807) is 11.3 Å². The monoisotopic (exact) mass is 271 g/mol. The van der Waals surface area contributed by atoms with Gasteiger partial charge in [-0.2, -0.15) is 0 Å². The molecule has 0 aliphatic heterocycles. The molecular weight excluding hydrogens is 250 g/mol. The van der Waals surface area contributed by atoms with E-state index in [4.69, 9.17) is 5.73 Å². The van der Waals surface area contributed by atoms with Crippen LogP contribution in [0.3, 0.4) is 0 Å². The van der Waals surface area contributed by atoms with E-state index in [1.165, 1.54) is 53.7 Å². The van der Waals surface area contributed by atoms with Crippen molar-refractivity contribution in [1.29, 1.82) is 0 Å². The van der Waals surface area contributed by atoms with Gasteiger partial charge in [0.05, 0.1) is 5.00 Å². The van der Waals surface area contributed by atoms with Gasteiger partial charge in [-0.25, -0.2) is 0 Å². The summed E-state index contributed by atoms with van der Waals surface area (Å²) in [7, 11) is 0. The smallest absolute Gasteiger partial charge is 0.0865 e. The van der Waals surface area contributed by atoms with Crippen LogP contribution in [0, 0.1) is 6.92 Å². The molecule has 0 spiro atoms. The summed E-state index contributed by atoms with van der Waals surface area (Å²) in [4.78, 5) is 1.31. The highest BCUT2D eigenvalue weighted by molar-refractivity contribution is 7.16. The number of anilines is 1. The van der Waals surface area contributed by atoms with Crippen molar-refractivity contribution in [3.8, 4) is 11.1 Å². The van der Waals surface area contributed by atoms with Crippen molar-refractivity contribution in [3.63, 3.8) is 0 Å². The van der Waals surface area contributed by atoms with Crippen LogP contribution in [0.15, 0.2) is 30.3 Å². The van der Waals surface area contributed by atoms with E-state index in [2.05, 4.69) is 37.3 Å². The summed E-state index contributed by atoms with van der Waals surface area (Å²) in [5.41, 5.74) is 9.99. The molecule has 0 saturated heterocycles. The second kappa shape index (κ2) is 5.38. The molecule has 1 aromatic carbocycles. The van der Waals surface area contributed by atoms with Crippen LogP contribution in [0.5, 0.6) is 0 Å². The Morgan fingerprint density at radius 2 is 1.74 bits per heavy atom. The lowest BCUT2D eigenvalue weighted by Crippen LogP contribution is -2.04. The van der Waals surface area contributed by atoms with Crippen molar-refractivity contribution in [2.75, 3.05) is 5.73 Å².